The lowest BCUT2D eigenvalue weighted by atomic mass is 10.1. The van der Waals surface area contributed by atoms with Crippen molar-refractivity contribution in [3.05, 3.63) is 30.6 Å². The lowest BCUT2D eigenvalue weighted by Crippen LogP contribution is -2.17. The van der Waals surface area contributed by atoms with E-state index in [9.17, 15) is 18.3 Å². The van der Waals surface area contributed by atoms with Crippen molar-refractivity contribution < 1.29 is 27.8 Å². The summed E-state index contributed by atoms with van der Waals surface area (Å²) in [5.41, 5.74) is 0.691. The van der Waals surface area contributed by atoms with Gasteiger partial charge < -0.3 is 14.6 Å². The maximum absolute atomic E-state index is 12.2. The van der Waals surface area contributed by atoms with E-state index in [4.69, 9.17) is 4.74 Å². The maximum Gasteiger partial charge on any atom is 0.573 e. The van der Waals surface area contributed by atoms with E-state index in [1.54, 1.807) is 18.0 Å². The molecule has 2 aromatic rings. The molecule has 0 radical (unpaired) electrons. The number of aromatic hydroxyl groups is 1. The molecule has 0 spiro atoms. The fourth-order valence-electron chi connectivity index (χ4n) is 1.75. The molecule has 0 saturated carbocycles. The highest BCUT2D eigenvalue weighted by atomic mass is 19.4. The number of phenolic OH excluding ortho intramolecular Hbond substituents is 1. The summed E-state index contributed by atoms with van der Waals surface area (Å²) < 4.78 is 46.9. The molecule has 0 aliphatic rings. The summed E-state index contributed by atoms with van der Waals surface area (Å²) in [5.74, 6) is -0.559. The molecular weight excluding hydrogens is 289 g/mol. The Hall–Kier alpha value is -2.22. The van der Waals surface area contributed by atoms with E-state index < -0.39 is 12.1 Å². The van der Waals surface area contributed by atoms with E-state index in [0.717, 1.165) is 18.2 Å². The highest BCUT2D eigenvalue weighted by Crippen LogP contribution is 2.34. The smallest absolute Gasteiger partial charge is 0.507 e. The zero-order valence-electron chi connectivity index (χ0n) is 11.1. The standard InChI is InChI=1S/C13H13F3N2O3/c1-20-5-4-18-8-9(7-17-18)11-6-10(2-3-12(11)19)21-13(14,15)16/h2-3,6-8,19H,4-5H2,1H3. The Balaban J connectivity index is 2.26. The third-order valence-corrected chi connectivity index (χ3v) is 2.67. The average Bonchev–Trinajstić information content (AvgIpc) is 2.85. The van der Waals surface area contributed by atoms with Crippen molar-refractivity contribution in [1.82, 2.24) is 9.78 Å². The number of methoxy groups -OCH3 is 1. The van der Waals surface area contributed by atoms with Crippen LogP contribution in [0.15, 0.2) is 30.6 Å². The number of halogens is 3. The Kier molecular flexibility index (Phi) is 4.37. The van der Waals surface area contributed by atoms with Gasteiger partial charge in [0.2, 0.25) is 0 Å². The van der Waals surface area contributed by atoms with Crippen LogP contribution in [0.1, 0.15) is 0 Å². The van der Waals surface area contributed by atoms with Crippen LogP contribution >= 0.6 is 0 Å². The highest BCUT2D eigenvalue weighted by Gasteiger charge is 2.31. The van der Waals surface area contributed by atoms with Gasteiger partial charge in [-0.15, -0.1) is 13.2 Å². The molecule has 5 nitrogen and oxygen atoms in total. The molecule has 0 fully saturated rings. The van der Waals surface area contributed by atoms with Crippen molar-refractivity contribution in [3.63, 3.8) is 0 Å². The van der Waals surface area contributed by atoms with Gasteiger partial charge in [-0.2, -0.15) is 5.10 Å². The minimum Gasteiger partial charge on any atom is -0.507 e. The van der Waals surface area contributed by atoms with E-state index in [0.29, 0.717) is 18.7 Å². The second-order valence-corrected chi connectivity index (χ2v) is 4.21. The molecule has 0 aliphatic carbocycles. The summed E-state index contributed by atoms with van der Waals surface area (Å²) in [5, 5.41) is 13.8. The largest absolute Gasteiger partial charge is 0.573 e. The number of benzene rings is 1. The first-order valence-corrected chi connectivity index (χ1v) is 5.99. The zero-order valence-corrected chi connectivity index (χ0v) is 11.1. The summed E-state index contributed by atoms with van der Waals surface area (Å²) in [6.07, 6.45) is -1.73. The molecule has 0 bridgehead atoms. The first-order valence-electron chi connectivity index (χ1n) is 5.99. The molecule has 21 heavy (non-hydrogen) atoms. The van der Waals surface area contributed by atoms with E-state index in [-0.39, 0.29) is 11.3 Å². The molecule has 8 heteroatoms. The van der Waals surface area contributed by atoms with Gasteiger partial charge >= 0.3 is 6.36 Å². The van der Waals surface area contributed by atoms with E-state index in [2.05, 4.69) is 9.84 Å². The number of alkyl halides is 3. The monoisotopic (exact) mass is 302 g/mol. The molecule has 1 heterocycles. The summed E-state index contributed by atoms with van der Waals surface area (Å²) >= 11 is 0. The van der Waals surface area contributed by atoms with Crippen molar-refractivity contribution in [2.24, 2.45) is 0 Å². The molecule has 0 atom stereocenters. The van der Waals surface area contributed by atoms with Crippen LogP contribution in [0.4, 0.5) is 13.2 Å². The molecule has 0 unspecified atom stereocenters. The second-order valence-electron chi connectivity index (χ2n) is 4.21. The van der Waals surface area contributed by atoms with Crippen LogP contribution < -0.4 is 4.74 Å². The first kappa shape index (κ1) is 15.2. The summed E-state index contributed by atoms with van der Waals surface area (Å²) in [7, 11) is 1.55. The summed E-state index contributed by atoms with van der Waals surface area (Å²) in [6.45, 7) is 0.945. The van der Waals surface area contributed by atoms with Crippen molar-refractivity contribution >= 4 is 0 Å². The number of hydrogen-bond donors (Lipinski definition) is 1. The molecular formula is C13H13F3N2O3. The van der Waals surface area contributed by atoms with Gasteiger partial charge in [0.15, 0.2) is 0 Å². The Morgan fingerprint density at radius 1 is 1.33 bits per heavy atom. The third-order valence-electron chi connectivity index (χ3n) is 2.67. The number of ether oxygens (including phenoxy) is 2. The zero-order chi connectivity index (χ0) is 15.5. The Labute approximate surface area is 118 Å². The van der Waals surface area contributed by atoms with Crippen LogP contribution in [0.5, 0.6) is 11.5 Å². The lowest BCUT2D eigenvalue weighted by Gasteiger charge is -2.10. The van der Waals surface area contributed by atoms with Crippen LogP contribution in [0.25, 0.3) is 11.1 Å². The topological polar surface area (TPSA) is 56.5 Å². The minimum absolute atomic E-state index is 0.157. The first-order chi connectivity index (χ1) is 9.89. The van der Waals surface area contributed by atoms with Gasteiger partial charge in [0.25, 0.3) is 0 Å². The third kappa shape index (κ3) is 4.12. The van der Waals surface area contributed by atoms with Crippen LogP contribution in [-0.4, -0.2) is 35.0 Å². The van der Waals surface area contributed by atoms with Crippen molar-refractivity contribution in [1.29, 1.82) is 0 Å². The van der Waals surface area contributed by atoms with Gasteiger partial charge in [-0.25, -0.2) is 0 Å². The van der Waals surface area contributed by atoms with Gasteiger partial charge in [0.1, 0.15) is 11.5 Å². The van der Waals surface area contributed by atoms with Gasteiger partial charge in [-0.1, -0.05) is 0 Å². The fraction of sp³-hybridized carbons (Fsp3) is 0.308. The van der Waals surface area contributed by atoms with Gasteiger partial charge in [0.05, 0.1) is 19.3 Å². The molecule has 114 valence electrons. The fourth-order valence-corrected chi connectivity index (χ4v) is 1.75. The number of nitrogens with zero attached hydrogens (tertiary/aromatic N) is 2. The van der Waals surface area contributed by atoms with Gasteiger partial charge in [0, 0.05) is 24.4 Å². The molecule has 0 amide bonds. The molecule has 1 aromatic heterocycles. The normalized spacial score (nSPS) is 11.6. The summed E-state index contributed by atoms with van der Waals surface area (Å²) in [4.78, 5) is 0. The van der Waals surface area contributed by atoms with Gasteiger partial charge in [-0.05, 0) is 18.2 Å². The Bertz CT molecular complexity index is 611. The molecule has 0 saturated heterocycles. The SMILES string of the molecule is COCCn1cc(-c2cc(OC(F)(F)F)ccc2O)cn1. The average molecular weight is 302 g/mol. The van der Waals surface area contributed by atoms with Crippen LogP contribution in [-0.2, 0) is 11.3 Å². The molecule has 1 aromatic carbocycles. The van der Waals surface area contributed by atoms with Crippen molar-refractivity contribution in [2.45, 2.75) is 12.9 Å². The summed E-state index contributed by atoms with van der Waals surface area (Å²) in [6, 6.07) is 3.30. The molecule has 0 aliphatic heterocycles. The van der Waals surface area contributed by atoms with E-state index in [1.165, 1.54) is 6.20 Å². The quantitative estimate of drug-likeness (QED) is 0.922. The number of hydrogen-bond acceptors (Lipinski definition) is 4. The predicted octanol–water partition coefficient (Wildman–Crippen LogP) is 2.80. The van der Waals surface area contributed by atoms with Crippen LogP contribution in [0.2, 0.25) is 0 Å². The van der Waals surface area contributed by atoms with Gasteiger partial charge in [-0.3, -0.25) is 4.68 Å². The Morgan fingerprint density at radius 2 is 2.10 bits per heavy atom. The predicted molar refractivity (Wildman–Crippen MR) is 67.9 cm³/mol. The maximum atomic E-state index is 12.2. The number of phenols is 1. The Morgan fingerprint density at radius 3 is 2.76 bits per heavy atom. The number of aromatic nitrogens is 2. The lowest BCUT2D eigenvalue weighted by molar-refractivity contribution is -0.274. The number of rotatable bonds is 5. The van der Waals surface area contributed by atoms with Crippen molar-refractivity contribution in [3.8, 4) is 22.6 Å². The highest BCUT2D eigenvalue weighted by molar-refractivity contribution is 5.70. The molecule has 1 N–H and O–H groups in total. The second kappa shape index (κ2) is 6.04. The molecule has 2 rings (SSSR count). The van der Waals surface area contributed by atoms with E-state index in [1.807, 2.05) is 0 Å². The van der Waals surface area contributed by atoms with Crippen molar-refractivity contribution in [2.75, 3.05) is 13.7 Å². The minimum atomic E-state index is -4.78. The van der Waals surface area contributed by atoms with E-state index >= 15 is 0 Å². The van der Waals surface area contributed by atoms with Crippen LogP contribution in [0, 0.1) is 0 Å². The van der Waals surface area contributed by atoms with Crippen LogP contribution in [0.3, 0.4) is 0 Å².